The van der Waals surface area contributed by atoms with Crippen LogP contribution in [0.1, 0.15) is 74.4 Å². The Kier molecular flexibility index (Phi) is 13.7. The van der Waals surface area contributed by atoms with Crippen LogP contribution in [0.2, 0.25) is 0 Å². The van der Waals surface area contributed by atoms with E-state index >= 15 is 0 Å². The van der Waals surface area contributed by atoms with Gasteiger partial charge in [0, 0.05) is 58.2 Å². The van der Waals surface area contributed by atoms with Crippen molar-refractivity contribution >= 4 is 40.6 Å². The molecule has 3 atom stereocenters. The largest absolute Gasteiger partial charge is 0.481 e. The lowest BCUT2D eigenvalue weighted by molar-refractivity contribution is -0.135. The van der Waals surface area contributed by atoms with Crippen molar-refractivity contribution in [3.05, 3.63) is 69.6 Å². The molecule has 14 heteroatoms. The van der Waals surface area contributed by atoms with Gasteiger partial charge in [0.1, 0.15) is 6.04 Å². The Morgan fingerprint density at radius 2 is 1.62 bits per heavy atom. The van der Waals surface area contributed by atoms with Crippen LogP contribution in [0, 0.1) is 5.92 Å². The van der Waals surface area contributed by atoms with Gasteiger partial charge < -0.3 is 36.3 Å². The van der Waals surface area contributed by atoms with Gasteiger partial charge in [0.15, 0.2) is 0 Å². The summed E-state index contributed by atoms with van der Waals surface area (Å²) in [5.41, 5.74) is 3.70. The standard InChI is InChI=1S/C34H45N7O5.C2H4O2/c1-3-22(2)30-32(44)36-15-8-18-41-28-20-24(12-13-26(28)38-34(41)46)31(43)35-14-7-17-40(16-6-11-29(42)39-30)33(45)27-19-23-9-4-5-10-25(23)21-37-27;1-2(3)4/h4-5,9-10,12-13,20,22,27,30,37H,3,6-8,11,14-19,21H2,1-2H3,(H,35,43)(H,36,44)(H,38,46)(H,39,42);1H3,(H,3,4)/t22-,27+,30?;/m0./s1. The summed E-state index contributed by atoms with van der Waals surface area (Å²) in [6, 6.07) is 12.1. The predicted octanol–water partition coefficient (Wildman–Crippen LogP) is 1.91. The third-order valence-electron chi connectivity index (χ3n) is 9.12. The van der Waals surface area contributed by atoms with Gasteiger partial charge in [0.2, 0.25) is 17.7 Å². The van der Waals surface area contributed by atoms with Crippen LogP contribution in [0.3, 0.4) is 0 Å². The van der Waals surface area contributed by atoms with Gasteiger partial charge in [-0.1, -0.05) is 44.5 Å². The van der Waals surface area contributed by atoms with Crippen LogP contribution in [0.4, 0.5) is 0 Å². The zero-order valence-electron chi connectivity index (χ0n) is 29.0. The van der Waals surface area contributed by atoms with Crippen molar-refractivity contribution in [3.63, 3.8) is 0 Å². The number of aromatic nitrogens is 2. The van der Waals surface area contributed by atoms with E-state index in [2.05, 4.69) is 38.4 Å². The molecule has 50 heavy (non-hydrogen) atoms. The summed E-state index contributed by atoms with van der Waals surface area (Å²) in [4.78, 5) is 79.3. The topological polar surface area (TPSA) is 195 Å². The number of hydrogen-bond acceptors (Lipinski definition) is 7. The van der Waals surface area contributed by atoms with E-state index in [1.165, 1.54) is 5.56 Å². The number of aromatic amines is 1. The molecule has 0 radical (unpaired) electrons. The molecule has 0 saturated heterocycles. The van der Waals surface area contributed by atoms with E-state index in [0.717, 1.165) is 12.5 Å². The lowest BCUT2D eigenvalue weighted by Gasteiger charge is -2.31. The van der Waals surface area contributed by atoms with Crippen molar-refractivity contribution in [2.75, 3.05) is 26.2 Å². The molecule has 4 amide bonds. The highest BCUT2D eigenvalue weighted by atomic mass is 16.4. The average Bonchev–Trinajstić information content (AvgIpc) is 3.42. The molecule has 0 fully saturated rings. The zero-order valence-corrected chi connectivity index (χ0v) is 29.0. The van der Waals surface area contributed by atoms with Crippen molar-refractivity contribution in [2.24, 2.45) is 5.92 Å². The number of imidazole rings is 1. The van der Waals surface area contributed by atoms with Crippen LogP contribution < -0.4 is 27.0 Å². The Hall–Kier alpha value is -4.98. The van der Waals surface area contributed by atoms with Crippen molar-refractivity contribution in [1.82, 2.24) is 35.7 Å². The second-order valence-corrected chi connectivity index (χ2v) is 12.9. The van der Waals surface area contributed by atoms with Crippen LogP contribution in [-0.2, 0) is 38.7 Å². The number of nitrogens with zero attached hydrogens (tertiary/aromatic N) is 2. The maximum atomic E-state index is 13.8. The fraction of sp³-hybridized carbons (Fsp3) is 0.500. The van der Waals surface area contributed by atoms with Gasteiger partial charge in [0.05, 0.1) is 17.1 Å². The van der Waals surface area contributed by atoms with Gasteiger partial charge in [-0.3, -0.25) is 28.5 Å². The smallest absolute Gasteiger partial charge is 0.326 e. The fourth-order valence-electron chi connectivity index (χ4n) is 6.21. The van der Waals surface area contributed by atoms with E-state index in [0.29, 0.717) is 88.0 Å². The molecule has 3 heterocycles. The van der Waals surface area contributed by atoms with Crippen molar-refractivity contribution < 1.29 is 29.1 Å². The average molecular weight is 692 g/mol. The van der Waals surface area contributed by atoms with Crippen molar-refractivity contribution in [1.29, 1.82) is 0 Å². The summed E-state index contributed by atoms with van der Waals surface area (Å²) in [5.74, 6) is -1.72. The van der Waals surface area contributed by atoms with Crippen molar-refractivity contribution in [3.8, 4) is 0 Å². The SMILES string of the molecule is CC(=O)O.CC[C@H](C)C1NC(=O)CCCN(C(=O)[C@H]2Cc3ccccc3CN2)CCCNC(=O)c2ccc3[nH]c(=O)n(c3c2)CCCNC1=O. The molecule has 270 valence electrons. The monoisotopic (exact) mass is 691 g/mol. The number of carbonyl (C=O) groups is 5. The maximum Gasteiger partial charge on any atom is 0.326 e. The molecule has 6 N–H and O–H groups in total. The minimum Gasteiger partial charge on any atom is -0.481 e. The van der Waals surface area contributed by atoms with Crippen molar-refractivity contribution in [2.45, 2.75) is 84.5 Å². The van der Waals surface area contributed by atoms with Gasteiger partial charge in [0.25, 0.3) is 11.9 Å². The highest BCUT2D eigenvalue weighted by Crippen LogP contribution is 2.18. The van der Waals surface area contributed by atoms with Gasteiger partial charge in [-0.15, -0.1) is 0 Å². The van der Waals surface area contributed by atoms with Crippen LogP contribution in [0.5, 0.6) is 0 Å². The lowest BCUT2D eigenvalue weighted by Crippen LogP contribution is -2.51. The summed E-state index contributed by atoms with van der Waals surface area (Å²) in [6.45, 7) is 7.40. The molecule has 2 aliphatic rings. The number of hydrogen-bond donors (Lipinski definition) is 6. The maximum absolute atomic E-state index is 13.8. The van der Waals surface area contributed by atoms with Crippen LogP contribution >= 0.6 is 0 Å². The molecule has 2 aliphatic heterocycles. The molecule has 0 aliphatic carbocycles. The Bertz CT molecular complexity index is 1730. The molecule has 2 bridgehead atoms. The highest BCUT2D eigenvalue weighted by molar-refractivity contribution is 5.97. The van der Waals surface area contributed by atoms with Crippen LogP contribution in [0.25, 0.3) is 11.0 Å². The van der Waals surface area contributed by atoms with Gasteiger partial charge in [-0.2, -0.15) is 0 Å². The summed E-state index contributed by atoms with van der Waals surface area (Å²) in [6.07, 6.45) is 2.92. The molecule has 14 nitrogen and oxygen atoms in total. The Labute approximate surface area is 291 Å². The quantitative estimate of drug-likeness (QED) is 0.240. The number of amides is 4. The summed E-state index contributed by atoms with van der Waals surface area (Å²) < 4.78 is 1.57. The van der Waals surface area contributed by atoms with E-state index in [1.54, 1.807) is 27.7 Å². The van der Waals surface area contributed by atoms with E-state index in [9.17, 15) is 24.0 Å². The highest BCUT2D eigenvalue weighted by Gasteiger charge is 2.29. The molecule has 1 aromatic heterocycles. The second-order valence-electron chi connectivity index (χ2n) is 12.9. The summed E-state index contributed by atoms with van der Waals surface area (Å²) in [5, 5.41) is 19.6. The van der Waals surface area contributed by atoms with Gasteiger partial charge >= 0.3 is 5.69 Å². The molecule has 3 aromatic rings. The first-order valence-electron chi connectivity index (χ1n) is 17.3. The number of aryl methyl sites for hydroxylation is 1. The number of rotatable bonds is 3. The second kappa shape index (κ2) is 18.1. The molecule has 2 aromatic carbocycles. The number of aliphatic carboxylic acids is 1. The summed E-state index contributed by atoms with van der Waals surface area (Å²) in [7, 11) is 0. The minimum absolute atomic E-state index is 0.0348. The Morgan fingerprint density at radius 3 is 2.36 bits per heavy atom. The van der Waals surface area contributed by atoms with Gasteiger partial charge in [-0.05, 0) is 60.9 Å². The van der Waals surface area contributed by atoms with E-state index in [4.69, 9.17) is 9.90 Å². The number of benzene rings is 2. The third-order valence-corrected chi connectivity index (χ3v) is 9.12. The Balaban J connectivity index is 0.00000133. The first-order valence-corrected chi connectivity index (χ1v) is 17.3. The summed E-state index contributed by atoms with van der Waals surface area (Å²) >= 11 is 0. The van der Waals surface area contributed by atoms with E-state index in [1.807, 2.05) is 26.0 Å². The third kappa shape index (κ3) is 10.3. The number of carboxylic acid groups (broad SMARTS) is 1. The molecule has 5 rings (SSSR count). The molecule has 0 saturated carbocycles. The zero-order chi connectivity index (χ0) is 36.2. The molecule has 1 unspecified atom stereocenters. The number of nitrogens with one attached hydrogen (secondary N) is 5. The van der Waals surface area contributed by atoms with Gasteiger partial charge in [-0.25, -0.2) is 4.79 Å². The first-order chi connectivity index (χ1) is 24.0. The van der Waals surface area contributed by atoms with E-state index < -0.39 is 12.0 Å². The molecular weight excluding hydrogens is 642 g/mol. The number of fused-ring (bicyclic) bond motifs is 2. The van der Waals surface area contributed by atoms with E-state index in [-0.39, 0.29) is 47.7 Å². The molecule has 0 spiro atoms. The van der Waals surface area contributed by atoms with Crippen LogP contribution in [-0.4, -0.2) is 87.4 Å². The predicted molar refractivity (Wildman–Crippen MR) is 188 cm³/mol. The number of carbonyl (C=O) groups excluding carboxylic acids is 4. The minimum atomic E-state index is -0.833. The fourth-order valence-corrected chi connectivity index (χ4v) is 6.21. The Morgan fingerprint density at radius 1 is 0.940 bits per heavy atom. The molecular formula is C36H49N7O7. The first kappa shape index (κ1) is 37.8. The normalized spacial score (nSPS) is 20.2. The van der Waals surface area contributed by atoms with Crippen LogP contribution in [0.15, 0.2) is 47.3 Å². The number of carboxylic acids is 1. The lowest BCUT2D eigenvalue weighted by atomic mass is 9.95. The number of H-pyrrole nitrogens is 1.